The number of ether oxygens (including phenoxy) is 1. The van der Waals surface area contributed by atoms with Crippen LogP contribution in [0.3, 0.4) is 0 Å². The van der Waals surface area contributed by atoms with Gasteiger partial charge in [0.2, 0.25) is 0 Å². The van der Waals surface area contributed by atoms with Crippen LogP contribution in [0.15, 0.2) is 42.5 Å². The molecule has 1 unspecified atom stereocenters. The zero-order valence-electron chi connectivity index (χ0n) is 16.7. The second-order valence-corrected chi connectivity index (χ2v) is 8.12. The minimum absolute atomic E-state index is 0.123. The number of aliphatic carboxylic acids is 1. The van der Waals surface area contributed by atoms with Crippen LogP contribution in [-0.2, 0) is 27.4 Å². The average Bonchev–Trinajstić information content (AvgIpc) is 3.44. The molecule has 6 nitrogen and oxygen atoms in total. The fraction of sp³-hybridized carbons (Fsp3) is 0.333. The van der Waals surface area contributed by atoms with Gasteiger partial charge in [-0.25, -0.2) is 0 Å². The van der Waals surface area contributed by atoms with Crippen LogP contribution in [0.25, 0.3) is 11.3 Å². The van der Waals surface area contributed by atoms with Crippen LogP contribution in [0, 0.1) is 0 Å². The number of likely N-dealkylation sites (tertiary alicyclic amines) is 1. The highest BCUT2D eigenvalue weighted by Gasteiger charge is 2.32. The number of nitrogens with one attached hydrogen (secondary N) is 1. The molecule has 5 rings (SSSR count). The standard InChI is InChI=1S/C24H24N2O4/c27-23-21(18-6-1-2-7-19(18)25-23)22-17-10-9-15(13-16(17)14-30-22)5-3-11-26-12-4-8-20(26)24(28)29/h1-2,6-7,9-10,13,20H,3-5,8,11-12,14H2,(H,25,27)(H,28,29). The highest BCUT2D eigenvalue weighted by molar-refractivity contribution is 6.36. The van der Waals surface area contributed by atoms with E-state index in [2.05, 4.69) is 22.3 Å². The summed E-state index contributed by atoms with van der Waals surface area (Å²) in [5, 5.41) is 12.2. The van der Waals surface area contributed by atoms with Crippen LogP contribution in [0.1, 0.15) is 41.5 Å². The van der Waals surface area contributed by atoms with Crippen molar-refractivity contribution in [2.45, 2.75) is 38.3 Å². The Morgan fingerprint density at radius 3 is 2.93 bits per heavy atom. The van der Waals surface area contributed by atoms with Crippen molar-refractivity contribution in [3.8, 4) is 0 Å². The highest BCUT2D eigenvalue weighted by Crippen LogP contribution is 2.41. The topological polar surface area (TPSA) is 78.9 Å². The number of rotatable bonds is 5. The van der Waals surface area contributed by atoms with Crippen molar-refractivity contribution in [1.82, 2.24) is 4.90 Å². The third kappa shape index (κ3) is 3.27. The molecule has 0 aliphatic carbocycles. The maximum atomic E-state index is 12.5. The van der Waals surface area contributed by atoms with Crippen molar-refractivity contribution in [2.75, 3.05) is 18.4 Å². The summed E-state index contributed by atoms with van der Waals surface area (Å²) in [6.07, 6.45) is 3.53. The molecule has 2 aromatic carbocycles. The summed E-state index contributed by atoms with van der Waals surface area (Å²) < 4.78 is 5.96. The summed E-state index contributed by atoms with van der Waals surface area (Å²) in [5.74, 6) is -0.178. The lowest BCUT2D eigenvalue weighted by molar-refractivity contribution is -0.142. The number of carbonyl (C=O) groups is 2. The molecule has 3 aliphatic rings. The first kappa shape index (κ1) is 18.9. The van der Waals surface area contributed by atoms with E-state index >= 15 is 0 Å². The Hall–Kier alpha value is -3.12. The maximum absolute atomic E-state index is 12.5. The molecule has 0 bridgehead atoms. The van der Waals surface area contributed by atoms with Crippen LogP contribution in [0.2, 0.25) is 0 Å². The second kappa shape index (κ2) is 7.61. The summed E-state index contributed by atoms with van der Waals surface area (Å²) in [5.41, 5.74) is 5.59. The van der Waals surface area contributed by atoms with Crippen LogP contribution in [0.5, 0.6) is 0 Å². The van der Waals surface area contributed by atoms with E-state index in [9.17, 15) is 14.7 Å². The zero-order valence-corrected chi connectivity index (χ0v) is 16.7. The number of para-hydroxylation sites is 1. The molecular weight excluding hydrogens is 380 g/mol. The van der Waals surface area contributed by atoms with Gasteiger partial charge in [0.1, 0.15) is 18.4 Å². The number of hydrogen-bond acceptors (Lipinski definition) is 4. The molecule has 30 heavy (non-hydrogen) atoms. The lowest BCUT2D eigenvalue weighted by atomic mass is 9.98. The summed E-state index contributed by atoms with van der Waals surface area (Å²) in [4.78, 5) is 25.9. The summed E-state index contributed by atoms with van der Waals surface area (Å²) >= 11 is 0. The number of anilines is 1. The molecule has 154 valence electrons. The summed E-state index contributed by atoms with van der Waals surface area (Å²) in [6.45, 7) is 2.14. The smallest absolute Gasteiger partial charge is 0.320 e. The fourth-order valence-electron chi connectivity index (χ4n) is 4.78. The highest BCUT2D eigenvalue weighted by atomic mass is 16.5. The van der Waals surface area contributed by atoms with Gasteiger partial charge in [-0.3, -0.25) is 14.5 Å². The van der Waals surface area contributed by atoms with Gasteiger partial charge in [0, 0.05) is 22.4 Å². The Labute approximate surface area is 175 Å². The van der Waals surface area contributed by atoms with Crippen LogP contribution in [-0.4, -0.2) is 41.0 Å². The van der Waals surface area contributed by atoms with Crippen LogP contribution in [0.4, 0.5) is 5.69 Å². The van der Waals surface area contributed by atoms with E-state index in [1.54, 1.807) is 0 Å². The Morgan fingerprint density at radius 2 is 2.07 bits per heavy atom. The largest absolute Gasteiger partial charge is 0.487 e. The molecule has 0 aromatic heterocycles. The van der Waals surface area contributed by atoms with Crippen molar-refractivity contribution in [2.24, 2.45) is 0 Å². The molecule has 1 fully saturated rings. The number of carbonyl (C=O) groups excluding carboxylic acids is 1. The SMILES string of the molecule is O=C1Nc2ccccc2C1=C1OCc2cc(CCCN3CCCC3C(=O)O)ccc21. The molecule has 3 heterocycles. The average molecular weight is 404 g/mol. The molecule has 2 N–H and O–H groups in total. The molecule has 1 atom stereocenters. The molecule has 0 radical (unpaired) electrons. The van der Waals surface area contributed by atoms with Gasteiger partial charge in [0.25, 0.3) is 5.91 Å². The van der Waals surface area contributed by atoms with Gasteiger partial charge >= 0.3 is 5.97 Å². The van der Waals surface area contributed by atoms with Gasteiger partial charge in [-0.2, -0.15) is 0 Å². The normalized spacial score (nSPS) is 22.5. The number of nitrogens with zero attached hydrogens (tertiary/aromatic N) is 1. The number of carboxylic acids is 1. The van der Waals surface area contributed by atoms with Gasteiger partial charge in [0.15, 0.2) is 0 Å². The molecule has 1 amide bonds. The summed E-state index contributed by atoms with van der Waals surface area (Å²) in [6, 6.07) is 13.6. The van der Waals surface area contributed by atoms with Crippen molar-refractivity contribution in [3.05, 3.63) is 64.7 Å². The van der Waals surface area contributed by atoms with Crippen LogP contribution >= 0.6 is 0 Å². The number of amides is 1. The minimum Gasteiger partial charge on any atom is -0.487 e. The molecule has 0 saturated carbocycles. The Balaban J connectivity index is 1.32. The first-order valence-electron chi connectivity index (χ1n) is 10.5. The van der Waals surface area contributed by atoms with E-state index in [-0.39, 0.29) is 11.9 Å². The van der Waals surface area contributed by atoms with E-state index in [4.69, 9.17) is 4.74 Å². The van der Waals surface area contributed by atoms with Gasteiger partial charge in [-0.05, 0) is 50.4 Å². The Bertz CT molecular complexity index is 1060. The first-order chi connectivity index (χ1) is 14.6. The fourth-order valence-corrected chi connectivity index (χ4v) is 4.78. The lowest BCUT2D eigenvalue weighted by Gasteiger charge is -2.20. The number of aryl methyl sites for hydroxylation is 1. The predicted molar refractivity (Wildman–Crippen MR) is 114 cm³/mol. The van der Waals surface area contributed by atoms with Gasteiger partial charge in [-0.15, -0.1) is 0 Å². The Morgan fingerprint density at radius 1 is 1.20 bits per heavy atom. The van der Waals surface area contributed by atoms with Crippen molar-refractivity contribution < 1.29 is 19.4 Å². The monoisotopic (exact) mass is 404 g/mol. The zero-order chi connectivity index (χ0) is 20.7. The van der Waals surface area contributed by atoms with E-state index in [1.807, 2.05) is 30.3 Å². The van der Waals surface area contributed by atoms with Gasteiger partial charge in [0.05, 0.1) is 5.57 Å². The molecule has 3 aliphatic heterocycles. The predicted octanol–water partition coefficient (Wildman–Crippen LogP) is 3.52. The third-order valence-electron chi connectivity index (χ3n) is 6.24. The van der Waals surface area contributed by atoms with E-state index in [1.165, 1.54) is 5.56 Å². The molecule has 1 saturated heterocycles. The number of carboxylic acid groups (broad SMARTS) is 1. The number of fused-ring (bicyclic) bond motifs is 2. The third-order valence-corrected chi connectivity index (χ3v) is 6.24. The van der Waals surface area contributed by atoms with Crippen molar-refractivity contribution in [1.29, 1.82) is 0 Å². The first-order valence-corrected chi connectivity index (χ1v) is 10.5. The second-order valence-electron chi connectivity index (χ2n) is 8.12. The lowest BCUT2D eigenvalue weighted by Crippen LogP contribution is -2.36. The molecule has 2 aromatic rings. The minimum atomic E-state index is -0.708. The quantitative estimate of drug-likeness (QED) is 0.746. The van der Waals surface area contributed by atoms with E-state index < -0.39 is 5.97 Å². The number of benzene rings is 2. The molecule has 6 heteroatoms. The Kier molecular flexibility index (Phi) is 4.79. The maximum Gasteiger partial charge on any atom is 0.320 e. The van der Waals surface area contributed by atoms with E-state index in [0.717, 1.165) is 61.2 Å². The molecule has 0 spiro atoms. The van der Waals surface area contributed by atoms with Crippen molar-refractivity contribution in [3.63, 3.8) is 0 Å². The molecular formula is C24H24N2O4. The van der Waals surface area contributed by atoms with E-state index in [0.29, 0.717) is 17.9 Å². The number of hydrogen-bond donors (Lipinski definition) is 2. The van der Waals surface area contributed by atoms with Gasteiger partial charge in [-0.1, -0.05) is 36.4 Å². The summed E-state index contributed by atoms with van der Waals surface area (Å²) in [7, 11) is 0. The van der Waals surface area contributed by atoms with Crippen molar-refractivity contribution >= 4 is 28.9 Å². The van der Waals surface area contributed by atoms with Crippen LogP contribution < -0.4 is 5.32 Å². The van der Waals surface area contributed by atoms with Gasteiger partial charge < -0.3 is 15.2 Å².